The van der Waals surface area contributed by atoms with Crippen molar-refractivity contribution in [3.8, 4) is 11.1 Å². The molecule has 0 saturated carbocycles. The molecular weight excluding hydrogens is 290 g/mol. The highest BCUT2D eigenvalue weighted by Crippen LogP contribution is 2.36. The molecule has 4 aromatic rings. The summed E-state index contributed by atoms with van der Waals surface area (Å²) >= 11 is 0. The Balaban J connectivity index is 2.23. The van der Waals surface area contributed by atoms with Crippen LogP contribution in [-0.4, -0.2) is 21.0 Å². The van der Waals surface area contributed by atoms with Crippen LogP contribution >= 0.6 is 0 Å². The Kier molecular flexibility index (Phi) is 2.81. The predicted molar refractivity (Wildman–Crippen MR) is 90.4 cm³/mol. The van der Waals surface area contributed by atoms with Gasteiger partial charge in [-0.1, -0.05) is 30.3 Å². The Hall–Kier alpha value is -3.34. The lowest BCUT2D eigenvalue weighted by Crippen LogP contribution is -2.03. The van der Waals surface area contributed by atoms with Gasteiger partial charge in [-0.15, -0.1) is 0 Å². The van der Waals surface area contributed by atoms with E-state index in [-0.39, 0.29) is 5.69 Å². The number of pyridine rings is 1. The van der Waals surface area contributed by atoms with Gasteiger partial charge in [0.05, 0.1) is 11.7 Å². The van der Waals surface area contributed by atoms with E-state index in [0.717, 1.165) is 27.4 Å². The Labute approximate surface area is 131 Å². The number of nitrogen functional groups attached to an aromatic ring is 1. The highest BCUT2D eigenvalue weighted by atomic mass is 16.4. The third-order valence-corrected chi connectivity index (χ3v) is 3.93. The van der Waals surface area contributed by atoms with E-state index >= 15 is 0 Å². The van der Waals surface area contributed by atoms with Crippen LogP contribution < -0.4 is 5.73 Å². The summed E-state index contributed by atoms with van der Waals surface area (Å²) in [6, 6.07) is 15.0. The van der Waals surface area contributed by atoms with Crippen molar-refractivity contribution in [3.63, 3.8) is 0 Å². The molecule has 2 heterocycles. The van der Waals surface area contributed by atoms with Crippen molar-refractivity contribution >= 4 is 33.5 Å². The zero-order valence-corrected chi connectivity index (χ0v) is 12.1. The normalized spacial score (nSPS) is 11.1. The zero-order valence-electron chi connectivity index (χ0n) is 12.1. The van der Waals surface area contributed by atoms with Gasteiger partial charge in [0.1, 0.15) is 0 Å². The van der Waals surface area contributed by atoms with Gasteiger partial charge in [-0.2, -0.15) is 0 Å². The van der Waals surface area contributed by atoms with Crippen molar-refractivity contribution in [2.45, 2.75) is 0 Å². The first-order chi connectivity index (χ1) is 11.1. The molecule has 0 unspecified atom stereocenters. The fourth-order valence-corrected chi connectivity index (χ4v) is 2.96. The molecule has 2 aromatic carbocycles. The van der Waals surface area contributed by atoms with Crippen molar-refractivity contribution < 1.29 is 9.90 Å². The van der Waals surface area contributed by atoms with Gasteiger partial charge in [-0.05, 0) is 23.8 Å². The fraction of sp³-hybridized carbons (Fsp3) is 0. The molecule has 112 valence electrons. The van der Waals surface area contributed by atoms with E-state index < -0.39 is 5.97 Å². The molecule has 0 atom stereocenters. The third-order valence-electron chi connectivity index (χ3n) is 3.93. The van der Waals surface area contributed by atoms with Crippen molar-refractivity contribution in [2.75, 3.05) is 5.73 Å². The second-order valence-electron chi connectivity index (χ2n) is 5.37. The minimum absolute atomic E-state index is 0.0343. The Morgan fingerprint density at radius 3 is 2.61 bits per heavy atom. The predicted octanol–water partition coefficient (Wildman–Crippen LogP) is 3.66. The molecule has 5 nitrogen and oxygen atoms in total. The summed E-state index contributed by atoms with van der Waals surface area (Å²) in [6.07, 6.45) is 1.56. The van der Waals surface area contributed by atoms with Crippen LogP contribution in [0.25, 0.3) is 32.9 Å². The second kappa shape index (κ2) is 4.84. The smallest absolute Gasteiger partial charge is 0.355 e. The molecule has 0 spiro atoms. The lowest BCUT2D eigenvalue weighted by molar-refractivity contribution is 0.0691. The van der Waals surface area contributed by atoms with Gasteiger partial charge in [-0.25, -0.2) is 9.78 Å². The number of anilines is 1. The van der Waals surface area contributed by atoms with E-state index in [1.807, 2.05) is 48.5 Å². The number of carbonyl (C=O) groups is 1. The maximum Gasteiger partial charge on any atom is 0.355 e. The summed E-state index contributed by atoms with van der Waals surface area (Å²) in [7, 11) is 0. The van der Waals surface area contributed by atoms with Gasteiger partial charge < -0.3 is 15.8 Å². The number of nitrogens with two attached hydrogens (primary N) is 1. The van der Waals surface area contributed by atoms with Gasteiger partial charge in [0, 0.05) is 27.5 Å². The molecular formula is C18H13N3O2. The molecule has 0 aliphatic carbocycles. The molecule has 0 amide bonds. The molecule has 5 heteroatoms. The standard InChI is InChI=1S/C18H13N3O2/c19-11-6-7-13-12(8-11)16-14(21-13)9-20-17(18(22)23)15(16)10-4-2-1-3-5-10/h1-9,21H,19H2,(H,22,23). The summed E-state index contributed by atoms with van der Waals surface area (Å²) < 4.78 is 0. The summed E-state index contributed by atoms with van der Waals surface area (Å²) in [5.74, 6) is -1.05. The largest absolute Gasteiger partial charge is 0.476 e. The van der Waals surface area contributed by atoms with Crippen LogP contribution in [0.15, 0.2) is 54.7 Å². The molecule has 23 heavy (non-hydrogen) atoms. The molecule has 0 bridgehead atoms. The summed E-state index contributed by atoms with van der Waals surface area (Å²) in [5, 5.41) is 11.3. The van der Waals surface area contributed by atoms with Crippen molar-refractivity contribution in [2.24, 2.45) is 0 Å². The van der Waals surface area contributed by atoms with Gasteiger partial charge in [0.25, 0.3) is 0 Å². The van der Waals surface area contributed by atoms with Crippen LogP contribution in [0.3, 0.4) is 0 Å². The van der Waals surface area contributed by atoms with E-state index in [0.29, 0.717) is 11.3 Å². The molecule has 0 aliphatic rings. The Morgan fingerprint density at radius 1 is 1.09 bits per heavy atom. The Morgan fingerprint density at radius 2 is 1.87 bits per heavy atom. The molecule has 0 saturated heterocycles. The number of hydrogen-bond acceptors (Lipinski definition) is 3. The van der Waals surface area contributed by atoms with Gasteiger partial charge in [0.2, 0.25) is 0 Å². The number of rotatable bonds is 2. The number of benzene rings is 2. The van der Waals surface area contributed by atoms with Crippen LogP contribution in [-0.2, 0) is 0 Å². The number of H-pyrrole nitrogens is 1. The highest BCUT2D eigenvalue weighted by molar-refractivity contribution is 6.17. The van der Waals surface area contributed by atoms with Crippen LogP contribution in [0.5, 0.6) is 0 Å². The fourth-order valence-electron chi connectivity index (χ4n) is 2.96. The topological polar surface area (TPSA) is 92.0 Å². The van der Waals surface area contributed by atoms with Crippen molar-refractivity contribution in [1.29, 1.82) is 0 Å². The third kappa shape index (κ3) is 2.02. The van der Waals surface area contributed by atoms with Crippen LogP contribution in [0.4, 0.5) is 5.69 Å². The van der Waals surface area contributed by atoms with Crippen molar-refractivity contribution in [1.82, 2.24) is 9.97 Å². The number of fused-ring (bicyclic) bond motifs is 3. The molecule has 2 aromatic heterocycles. The van der Waals surface area contributed by atoms with E-state index in [1.54, 1.807) is 6.20 Å². The number of aromatic amines is 1. The van der Waals surface area contributed by atoms with Crippen LogP contribution in [0.1, 0.15) is 10.5 Å². The minimum atomic E-state index is -1.05. The SMILES string of the molecule is Nc1ccc2[nH]c3cnc(C(=O)O)c(-c4ccccc4)c3c2c1. The van der Waals surface area contributed by atoms with Gasteiger partial charge in [-0.3, -0.25) is 0 Å². The number of carboxylic acid groups (broad SMARTS) is 1. The molecule has 4 rings (SSSR count). The first kappa shape index (κ1) is 13.3. The lowest BCUT2D eigenvalue weighted by atomic mass is 9.98. The zero-order chi connectivity index (χ0) is 16.0. The minimum Gasteiger partial charge on any atom is -0.476 e. The number of nitrogens with one attached hydrogen (secondary N) is 1. The molecule has 0 fully saturated rings. The van der Waals surface area contributed by atoms with E-state index in [4.69, 9.17) is 5.73 Å². The lowest BCUT2D eigenvalue weighted by Gasteiger charge is -2.08. The first-order valence-corrected chi connectivity index (χ1v) is 7.14. The highest BCUT2D eigenvalue weighted by Gasteiger charge is 2.19. The molecule has 0 aliphatic heterocycles. The monoisotopic (exact) mass is 303 g/mol. The van der Waals surface area contributed by atoms with Crippen LogP contribution in [0, 0.1) is 0 Å². The average molecular weight is 303 g/mol. The number of hydrogen-bond donors (Lipinski definition) is 3. The van der Waals surface area contributed by atoms with E-state index in [1.165, 1.54) is 0 Å². The van der Waals surface area contributed by atoms with Crippen LogP contribution in [0.2, 0.25) is 0 Å². The summed E-state index contributed by atoms with van der Waals surface area (Å²) in [6.45, 7) is 0. The van der Waals surface area contributed by atoms with E-state index in [2.05, 4.69) is 9.97 Å². The van der Waals surface area contributed by atoms with Gasteiger partial charge >= 0.3 is 5.97 Å². The number of nitrogens with zero attached hydrogens (tertiary/aromatic N) is 1. The first-order valence-electron chi connectivity index (χ1n) is 7.14. The number of aromatic carboxylic acids is 1. The second-order valence-corrected chi connectivity index (χ2v) is 5.37. The van der Waals surface area contributed by atoms with E-state index in [9.17, 15) is 9.90 Å². The quantitative estimate of drug-likeness (QED) is 0.493. The average Bonchev–Trinajstić information content (AvgIpc) is 2.92. The maximum absolute atomic E-state index is 11.7. The maximum atomic E-state index is 11.7. The molecule has 0 radical (unpaired) electrons. The number of aromatic nitrogens is 2. The Bertz CT molecular complexity index is 1050. The summed E-state index contributed by atoms with van der Waals surface area (Å²) in [4.78, 5) is 19.1. The molecule has 4 N–H and O–H groups in total. The number of carboxylic acids is 1. The summed E-state index contributed by atoms with van der Waals surface area (Å²) in [5.41, 5.74) is 9.68. The van der Waals surface area contributed by atoms with Gasteiger partial charge in [0.15, 0.2) is 5.69 Å². The van der Waals surface area contributed by atoms with Crippen molar-refractivity contribution in [3.05, 3.63) is 60.4 Å².